The molecule has 4 amide bonds. The maximum absolute atomic E-state index is 14.1. The number of H-pyrrole nitrogens is 1. The van der Waals surface area contributed by atoms with Crippen molar-refractivity contribution < 1.29 is 24.0 Å². The van der Waals surface area contributed by atoms with Crippen LogP contribution in [0.25, 0.3) is 15.7 Å². The monoisotopic (exact) mass is 831 g/mol. The first-order valence-electron chi connectivity index (χ1n) is 22.2. The predicted octanol–water partition coefficient (Wildman–Crippen LogP) is 6.64. The second kappa shape index (κ2) is 16.6. The van der Waals surface area contributed by atoms with E-state index in [4.69, 9.17) is 6.57 Å². The van der Waals surface area contributed by atoms with Crippen molar-refractivity contribution in [2.24, 2.45) is 0 Å². The normalized spacial score (nSPS) is 20.0. The Morgan fingerprint density at radius 2 is 1.73 bits per heavy atom. The molecule has 0 spiro atoms. The van der Waals surface area contributed by atoms with Gasteiger partial charge in [0.2, 0.25) is 17.7 Å². The molecule has 0 bridgehead atoms. The lowest BCUT2D eigenvalue weighted by molar-refractivity contribution is -0.137. The van der Waals surface area contributed by atoms with Crippen LogP contribution in [0.4, 0.5) is 11.4 Å². The summed E-state index contributed by atoms with van der Waals surface area (Å²) in [5.41, 5.74) is 9.01. The van der Waals surface area contributed by atoms with Crippen LogP contribution in [-0.4, -0.2) is 100 Å². The number of hydrogen-bond donors (Lipinski definition) is 2. The van der Waals surface area contributed by atoms with Crippen molar-refractivity contribution in [3.05, 3.63) is 105 Å². The van der Waals surface area contributed by atoms with Crippen LogP contribution in [0.15, 0.2) is 48.5 Å². The van der Waals surface area contributed by atoms with Crippen LogP contribution in [0.2, 0.25) is 0 Å². The molecule has 12 nitrogen and oxygen atoms in total. The Bertz CT molecular complexity index is 2630. The fourth-order valence-corrected chi connectivity index (χ4v) is 10.5. The Labute approximate surface area is 362 Å². The molecule has 9 rings (SSSR count). The van der Waals surface area contributed by atoms with E-state index in [9.17, 15) is 24.0 Å². The van der Waals surface area contributed by atoms with Crippen LogP contribution in [0.3, 0.4) is 0 Å². The van der Waals surface area contributed by atoms with Gasteiger partial charge in [-0.2, -0.15) is 0 Å². The molecule has 1 unspecified atom stereocenters. The fraction of sp³-hybridized carbons (Fsp3) is 0.440. The zero-order chi connectivity index (χ0) is 43.3. The van der Waals surface area contributed by atoms with Crippen LogP contribution in [0, 0.1) is 18.4 Å². The van der Waals surface area contributed by atoms with Gasteiger partial charge in [0.15, 0.2) is 11.5 Å². The number of ketones is 1. The third-order valence-electron chi connectivity index (χ3n) is 14.0. The zero-order valence-electron chi connectivity index (χ0n) is 35.9. The number of amides is 4. The number of benzene rings is 3. The van der Waals surface area contributed by atoms with Crippen molar-refractivity contribution >= 4 is 51.7 Å². The zero-order valence-corrected chi connectivity index (χ0v) is 35.9. The molecule has 1 aliphatic carbocycles. The van der Waals surface area contributed by atoms with E-state index in [1.54, 1.807) is 17.0 Å². The standard InChI is InChI=1S/C50H53N7O5/c1-5-31-27-37-39(50(2,3)47-45(46(37)60)36-16-15-33(51-4)28-40(36)52-47)29-42(31)55-21-19-34(20-22-55)54-23-25-56(26-24-54)44(59)14-9-7-6-8-11-32-12-10-13-35-38(32)30-57(49(35)62)41-17-18-43(58)53-48(41)61/h10,12-13,15-16,27-29,34,41,52H,5-7,9,14,17-26,30H2,1-3H3,(H,53,58,61). The lowest BCUT2D eigenvalue weighted by atomic mass is 9.70. The molecule has 62 heavy (non-hydrogen) atoms. The van der Waals surface area contributed by atoms with Crippen LogP contribution in [-0.2, 0) is 32.8 Å². The van der Waals surface area contributed by atoms with Crippen LogP contribution < -0.4 is 10.2 Å². The molecule has 4 aliphatic heterocycles. The van der Waals surface area contributed by atoms with Crippen molar-refractivity contribution in [3.63, 3.8) is 0 Å². The lowest BCUT2D eigenvalue weighted by Crippen LogP contribution is -2.54. The molecule has 3 aromatic carbocycles. The van der Waals surface area contributed by atoms with Crippen molar-refractivity contribution in [2.45, 2.75) is 103 Å². The van der Waals surface area contributed by atoms with Crippen molar-refractivity contribution in [2.75, 3.05) is 44.2 Å². The third-order valence-corrected chi connectivity index (χ3v) is 14.0. The number of aromatic amines is 1. The van der Waals surface area contributed by atoms with Crippen molar-refractivity contribution in [1.82, 2.24) is 25.0 Å². The number of rotatable bonds is 8. The number of nitrogens with zero attached hydrogens (tertiary/aromatic N) is 5. The number of unbranched alkanes of at least 4 members (excludes halogenated alkanes) is 2. The molecule has 0 saturated carbocycles. The minimum atomic E-state index is -0.655. The highest BCUT2D eigenvalue weighted by atomic mass is 16.2. The molecule has 3 saturated heterocycles. The summed E-state index contributed by atoms with van der Waals surface area (Å²) in [6.45, 7) is 19.4. The Morgan fingerprint density at radius 3 is 2.47 bits per heavy atom. The summed E-state index contributed by atoms with van der Waals surface area (Å²) >= 11 is 0. The molecule has 1 aromatic heterocycles. The van der Waals surface area contributed by atoms with E-state index in [-0.39, 0.29) is 29.9 Å². The van der Waals surface area contributed by atoms with Gasteiger partial charge in [-0.3, -0.25) is 34.2 Å². The molecule has 3 fully saturated rings. The van der Waals surface area contributed by atoms with E-state index < -0.39 is 17.4 Å². The third kappa shape index (κ3) is 7.34. The molecular formula is C50H53N7O5. The van der Waals surface area contributed by atoms with Crippen molar-refractivity contribution in [3.8, 4) is 11.8 Å². The van der Waals surface area contributed by atoms with Gasteiger partial charge in [0.05, 0.1) is 12.1 Å². The Balaban J connectivity index is 0.746. The number of aryl methyl sites for hydroxylation is 1. The number of carbonyl (C=O) groups is 5. The molecule has 12 heteroatoms. The van der Waals surface area contributed by atoms with Gasteiger partial charge < -0.3 is 19.7 Å². The van der Waals surface area contributed by atoms with Gasteiger partial charge in [-0.25, -0.2) is 4.85 Å². The molecule has 1 atom stereocenters. The highest BCUT2D eigenvalue weighted by Crippen LogP contribution is 2.46. The molecule has 5 aliphatic rings. The quantitative estimate of drug-likeness (QED) is 0.0882. The van der Waals surface area contributed by atoms with Gasteiger partial charge in [0, 0.05) is 116 Å². The molecule has 318 valence electrons. The molecule has 0 radical (unpaired) electrons. The average molecular weight is 832 g/mol. The molecule has 4 aromatic rings. The summed E-state index contributed by atoms with van der Waals surface area (Å²) < 4.78 is 0. The number of imide groups is 1. The highest BCUT2D eigenvalue weighted by molar-refractivity contribution is 6.20. The summed E-state index contributed by atoms with van der Waals surface area (Å²) in [4.78, 5) is 80.3. The summed E-state index contributed by atoms with van der Waals surface area (Å²) in [6, 6.07) is 15.3. The molecule has 5 heterocycles. The maximum atomic E-state index is 14.1. The number of nitrogens with one attached hydrogen (secondary N) is 2. The second-order valence-corrected chi connectivity index (χ2v) is 17.9. The number of piperazine rings is 1. The first kappa shape index (κ1) is 41.1. The Hall–Kier alpha value is -6.24. The SMILES string of the molecule is [C-]#[N+]c1ccc2c3c([nH]c2c1)C(C)(C)c1cc(N2CCC(N4CCN(C(=O)CCCCC#Cc5cccc6c5CN(C5CCC(=O)NC5=O)C6=O)CC4)CC2)c(CC)cc1C3=O. The van der Waals surface area contributed by atoms with E-state index in [1.165, 1.54) is 11.3 Å². The number of hydrogen-bond acceptors (Lipinski definition) is 7. The lowest BCUT2D eigenvalue weighted by Gasteiger charge is -2.44. The van der Waals surface area contributed by atoms with Gasteiger partial charge in [-0.05, 0) is 85.5 Å². The summed E-state index contributed by atoms with van der Waals surface area (Å²) in [5.74, 6) is 5.79. The first-order chi connectivity index (χ1) is 30.0. The Kier molecular flexibility index (Phi) is 11.0. The van der Waals surface area contributed by atoms with Crippen LogP contribution in [0.5, 0.6) is 0 Å². The number of aromatic nitrogens is 1. The topological polar surface area (TPSA) is 130 Å². The minimum absolute atomic E-state index is 0.0499. The minimum Gasteiger partial charge on any atom is -0.371 e. The number of fused-ring (bicyclic) bond motifs is 5. The van der Waals surface area contributed by atoms with E-state index in [1.807, 2.05) is 29.2 Å². The Morgan fingerprint density at radius 1 is 0.935 bits per heavy atom. The number of anilines is 1. The van der Waals surface area contributed by atoms with Crippen LogP contribution in [0.1, 0.15) is 126 Å². The van der Waals surface area contributed by atoms with Crippen molar-refractivity contribution in [1.29, 1.82) is 0 Å². The van der Waals surface area contributed by atoms with Gasteiger partial charge in [-0.15, -0.1) is 0 Å². The average Bonchev–Trinajstić information content (AvgIpc) is 3.85. The fourth-order valence-electron chi connectivity index (χ4n) is 10.5. The second-order valence-electron chi connectivity index (χ2n) is 17.9. The smallest absolute Gasteiger partial charge is 0.255 e. The first-order valence-corrected chi connectivity index (χ1v) is 22.2. The predicted molar refractivity (Wildman–Crippen MR) is 237 cm³/mol. The van der Waals surface area contributed by atoms with E-state index in [2.05, 4.69) is 69.7 Å². The summed E-state index contributed by atoms with van der Waals surface area (Å²) in [5, 5.41) is 3.22. The maximum Gasteiger partial charge on any atom is 0.255 e. The largest absolute Gasteiger partial charge is 0.371 e. The molecular weight excluding hydrogens is 779 g/mol. The number of carbonyl (C=O) groups excluding carboxylic acids is 5. The van der Waals surface area contributed by atoms with E-state index in [0.717, 1.165) is 116 Å². The summed E-state index contributed by atoms with van der Waals surface area (Å²) in [6.07, 6.45) is 6.19. The molecule has 2 N–H and O–H groups in total. The van der Waals surface area contributed by atoms with Gasteiger partial charge in [0.1, 0.15) is 6.04 Å². The van der Waals surface area contributed by atoms with Crippen LogP contribution >= 0.6 is 0 Å². The highest BCUT2D eigenvalue weighted by Gasteiger charge is 2.42. The van der Waals surface area contributed by atoms with E-state index in [0.29, 0.717) is 43.1 Å². The van der Waals surface area contributed by atoms with Gasteiger partial charge >= 0.3 is 0 Å². The summed E-state index contributed by atoms with van der Waals surface area (Å²) in [7, 11) is 0. The van der Waals surface area contributed by atoms with Gasteiger partial charge in [-0.1, -0.05) is 50.8 Å². The van der Waals surface area contributed by atoms with E-state index >= 15 is 0 Å². The van der Waals surface area contributed by atoms with Gasteiger partial charge in [0.25, 0.3) is 5.91 Å². The number of piperidine rings is 2.